The van der Waals surface area contributed by atoms with Crippen molar-refractivity contribution in [1.29, 1.82) is 0 Å². The molecule has 2 rings (SSSR count). The maximum Gasteiger partial charge on any atom is 0.132 e. The van der Waals surface area contributed by atoms with Crippen molar-refractivity contribution < 1.29 is 13.5 Å². The van der Waals surface area contributed by atoms with E-state index in [4.69, 9.17) is 4.74 Å². The van der Waals surface area contributed by atoms with Crippen molar-refractivity contribution in [3.8, 4) is 0 Å². The molecule has 5 heteroatoms. The van der Waals surface area contributed by atoms with Crippen LogP contribution in [-0.4, -0.2) is 13.2 Å². The number of halogens is 3. The van der Waals surface area contributed by atoms with Gasteiger partial charge in [0.25, 0.3) is 0 Å². The molecule has 0 radical (unpaired) electrons. The van der Waals surface area contributed by atoms with Crippen LogP contribution in [0.1, 0.15) is 31.4 Å². The van der Waals surface area contributed by atoms with E-state index in [0.717, 1.165) is 18.4 Å². The van der Waals surface area contributed by atoms with Crippen molar-refractivity contribution >= 4 is 15.9 Å². The Hall–Kier alpha value is -0.940. The lowest BCUT2D eigenvalue weighted by molar-refractivity contribution is 0.219. The summed E-state index contributed by atoms with van der Waals surface area (Å²) in [6, 6.07) is 2.10. The quantitative estimate of drug-likeness (QED) is 0.897. The van der Waals surface area contributed by atoms with Gasteiger partial charge in [-0.05, 0) is 37.1 Å². The summed E-state index contributed by atoms with van der Waals surface area (Å²) in [5.41, 5.74) is 0.940. The SMILES string of the molecule is CCNC(C1=COCCC1)c1c(F)cc(Br)cc1F. The summed E-state index contributed by atoms with van der Waals surface area (Å²) in [4.78, 5) is 0. The molecule has 1 aromatic rings. The highest BCUT2D eigenvalue weighted by atomic mass is 79.9. The fourth-order valence-corrected chi connectivity index (χ4v) is 2.65. The van der Waals surface area contributed by atoms with Gasteiger partial charge in [-0.25, -0.2) is 8.78 Å². The molecule has 0 aliphatic carbocycles. The third kappa shape index (κ3) is 3.34. The topological polar surface area (TPSA) is 21.3 Å². The monoisotopic (exact) mass is 331 g/mol. The van der Waals surface area contributed by atoms with Gasteiger partial charge in [0.2, 0.25) is 0 Å². The van der Waals surface area contributed by atoms with Crippen molar-refractivity contribution in [2.24, 2.45) is 0 Å². The minimum absolute atomic E-state index is 0.0572. The zero-order valence-electron chi connectivity index (χ0n) is 10.7. The number of nitrogens with one attached hydrogen (secondary N) is 1. The van der Waals surface area contributed by atoms with E-state index in [9.17, 15) is 8.78 Å². The fraction of sp³-hybridized carbons (Fsp3) is 0.429. The minimum atomic E-state index is -0.552. The summed E-state index contributed by atoms with van der Waals surface area (Å²) in [5.74, 6) is -1.10. The highest BCUT2D eigenvalue weighted by molar-refractivity contribution is 9.10. The lowest BCUT2D eigenvalue weighted by atomic mass is 9.94. The van der Waals surface area contributed by atoms with Crippen molar-refractivity contribution in [3.05, 3.63) is 45.6 Å². The number of benzene rings is 1. The Labute approximate surface area is 120 Å². The fourth-order valence-electron chi connectivity index (χ4n) is 2.25. The van der Waals surface area contributed by atoms with Crippen LogP contribution >= 0.6 is 15.9 Å². The summed E-state index contributed by atoms with van der Waals surface area (Å²) >= 11 is 3.09. The van der Waals surface area contributed by atoms with Crippen LogP contribution < -0.4 is 5.32 Å². The van der Waals surface area contributed by atoms with E-state index < -0.39 is 17.7 Å². The summed E-state index contributed by atoms with van der Waals surface area (Å²) in [5, 5.41) is 3.13. The van der Waals surface area contributed by atoms with E-state index >= 15 is 0 Å². The molecule has 2 nitrogen and oxygen atoms in total. The zero-order valence-corrected chi connectivity index (χ0v) is 12.3. The molecule has 0 bridgehead atoms. The molecule has 1 atom stereocenters. The molecule has 1 N–H and O–H groups in total. The van der Waals surface area contributed by atoms with Gasteiger partial charge in [0.1, 0.15) is 11.6 Å². The first-order chi connectivity index (χ1) is 9.13. The Bertz CT molecular complexity index is 467. The molecule has 0 aromatic heterocycles. The maximum atomic E-state index is 14.1. The van der Waals surface area contributed by atoms with Crippen LogP contribution in [-0.2, 0) is 4.74 Å². The average molecular weight is 332 g/mol. The van der Waals surface area contributed by atoms with Gasteiger partial charge in [-0.2, -0.15) is 0 Å². The van der Waals surface area contributed by atoms with E-state index in [1.54, 1.807) is 6.26 Å². The first kappa shape index (κ1) is 14.5. The molecule has 1 unspecified atom stereocenters. The standard InChI is InChI=1S/C14H16BrF2NO/c1-2-18-14(9-4-3-5-19-8-9)13-11(16)6-10(15)7-12(13)17/h6-8,14,18H,2-5H2,1H3. The van der Waals surface area contributed by atoms with Gasteiger partial charge in [0.15, 0.2) is 0 Å². The molecule has 0 saturated heterocycles. The molecule has 1 aliphatic rings. The van der Waals surface area contributed by atoms with Crippen molar-refractivity contribution in [2.45, 2.75) is 25.8 Å². The Morgan fingerprint density at radius 2 is 2.05 bits per heavy atom. The van der Waals surface area contributed by atoms with Gasteiger partial charge < -0.3 is 10.1 Å². The third-order valence-corrected chi connectivity index (χ3v) is 3.53. The molecule has 1 heterocycles. The van der Waals surface area contributed by atoms with Gasteiger partial charge in [0, 0.05) is 10.0 Å². The Kier molecular flexibility index (Phi) is 4.93. The molecular formula is C14H16BrF2NO. The third-order valence-electron chi connectivity index (χ3n) is 3.07. The molecule has 104 valence electrons. The van der Waals surface area contributed by atoms with Crippen molar-refractivity contribution in [2.75, 3.05) is 13.2 Å². The maximum absolute atomic E-state index is 14.1. The van der Waals surface area contributed by atoms with E-state index in [0.29, 0.717) is 17.6 Å². The summed E-state index contributed by atoms with van der Waals surface area (Å²) < 4.78 is 33.8. The predicted octanol–water partition coefficient (Wildman–Crippen LogP) is 4.07. The van der Waals surface area contributed by atoms with E-state index in [2.05, 4.69) is 21.2 Å². The molecule has 0 saturated carbocycles. The zero-order chi connectivity index (χ0) is 13.8. The first-order valence-corrected chi connectivity index (χ1v) is 7.11. The van der Waals surface area contributed by atoms with Crippen molar-refractivity contribution in [1.82, 2.24) is 5.32 Å². The van der Waals surface area contributed by atoms with Gasteiger partial charge >= 0.3 is 0 Å². The highest BCUT2D eigenvalue weighted by Gasteiger charge is 2.25. The van der Waals surface area contributed by atoms with Gasteiger partial charge in [-0.15, -0.1) is 0 Å². The number of ether oxygens (including phenoxy) is 1. The van der Waals surface area contributed by atoms with Gasteiger partial charge in [-0.1, -0.05) is 22.9 Å². The lowest BCUT2D eigenvalue weighted by Gasteiger charge is -2.25. The van der Waals surface area contributed by atoms with Crippen LogP contribution in [0.15, 0.2) is 28.4 Å². The first-order valence-electron chi connectivity index (χ1n) is 6.31. The summed E-state index contributed by atoms with van der Waals surface area (Å²) in [7, 11) is 0. The molecular weight excluding hydrogens is 316 g/mol. The molecule has 19 heavy (non-hydrogen) atoms. The largest absolute Gasteiger partial charge is 0.501 e. The lowest BCUT2D eigenvalue weighted by Crippen LogP contribution is -2.26. The number of rotatable bonds is 4. The van der Waals surface area contributed by atoms with Crippen LogP contribution in [0.3, 0.4) is 0 Å². The summed E-state index contributed by atoms with van der Waals surface area (Å²) in [6.45, 7) is 3.19. The second-order valence-electron chi connectivity index (χ2n) is 4.44. The molecule has 0 fully saturated rings. The van der Waals surface area contributed by atoms with Crippen molar-refractivity contribution in [3.63, 3.8) is 0 Å². The number of hydrogen-bond donors (Lipinski definition) is 1. The Morgan fingerprint density at radius 3 is 2.58 bits per heavy atom. The van der Waals surface area contributed by atoms with Crippen LogP contribution in [0.4, 0.5) is 8.78 Å². The van der Waals surface area contributed by atoms with Gasteiger partial charge in [-0.3, -0.25) is 0 Å². The number of likely N-dealkylation sites (N-methyl/N-ethyl adjacent to an activating group) is 1. The molecule has 0 amide bonds. The van der Waals surface area contributed by atoms with Crippen LogP contribution in [0.2, 0.25) is 0 Å². The van der Waals surface area contributed by atoms with E-state index in [-0.39, 0.29) is 5.56 Å². The Balaban J connectivity index is 2.41. The van der Waals surface area contributed by atoms with Crippen LogP contribution in [0.25, 0.3) is 0 Å². The second-order valence-corrected chi connectivity index (χ2v) is 5.36. The van der Waals surface area contributed by atoms with E-state index in [1.807, 2.05) is 6.92 Å². The minimum Gasteiger partial charge on any atom is -0.501 e. The van der Waals surface area contributed by atoms with Crippen LogP contribution in [0.5, 0.6) is 0 Å². The molecule has 1 aliphatic heterocycles. The molecule has 1 aromatic carbocycles. The second kappa shape index (κ2) is 6.48. The summed E-state index contributed by atoms with van der Waals surface area (Å²) in [6.07, 6.45) is 3.28. The van der Waals surface area contributed by atoms with Crippen LogP contribution in [0, 0.1) is 11.6 Å². The number of hydrogen-bond acceptors (Lipinski definition) is 2. The predicted molar refractivity (Wildman–Crippen MR) is 73.7 cm³/mol. The van der Waals surface area contributed by atoms with E-state index in [1.165, 1.54) is 12.1 Å². The molecule has 0 spiro atoms. The smallest absolute Gasteiger partial charge is 0.132 e. The van der Waals surface area contributed by atoms with Gasteiger partial charge in [0.05, 0.1) is 18.9 Å². The Morgan fingerprint density at radius 1 is 1.37 bits per heavy atom. The normalized spacial score (nSPS) is 16.7. The highest BCUT2D eigenvalue weighted by Crippen LogP contribution is 2.32. The average Bonchev–Trinajstić information content (AvgIpc) is 2.37.